The Kier molecular flexibility index (Phi) is 4.24. The van der Waals surface area contributed by atoms with Gasteiger partial charge in [0.1, 0.15) is 10.7 Å². The number of sulfone groups is 1. The first kappa shape index (κ1) is 14.7. The Bertz CT molecular complexity index is 602. The average molecular weight is 300 g/mol. The zero-order valence-electron chi connectivity index (χ0n) is 11.3. The van der Waals surface area contributed by atoms with Crippen molar-refractivity contribution >= 4 is 21.6 Å². The molecule has 8 heteroatoms. The highest BCUT2D eigenvalue weighted by molar-refractivity contribution is 7.90. The molecule has 110 valence electrons. The van der Waals surface area contributed by atoms with Crippen LogP contribution in [0.2, 0.25) is 0 Å². The number of esters is 1. The summed E-state index contributed by atoms with van der Waals surface area (Å²) in [7, 11) is -2.15. The molecule has 0 aromatic carbocycles. The van der Waals surface area contributed by atoms with E-state index in [0.717, 1.165) is 6.26 Å². The van der Waals surface area contributed by atoms with Crippen molar-refractivity contribution in [2.45, 2.75) is 10.9 Å². The fourth-order valence-corrected chi connectivity index (χ4v) is 2.90. The second-order valence-electron chi connectivity index (χ2n) is 4.40. The van der Waals surface area contributed by atoms with E-state index in [1.807, 2.05) is 0 Å². The van der Waals surface area contributed by atoms with Crippen LogP contribution in [0.25, 0.3) is 0 Å². The quantitative estimate of drug-likeness (QED) is 0.718. The van der Waals surface area contributed by atoms with E-state index in [1.165, 1.54) is 19.4 Å². The number of methoxy groups -OCH3 is 1. The zero-order valence-corrected chi connectivity index (χ0v) is 12.1. The summed E-state index contributed by atoms with van der Waals surface area (Å²) in [4.78, 5) is 17.6. The lowest BCUT2D eigenvalue weighted by Gasteiger charge is -2.35. The predicted molar refractivity (Wildman–Crippen MR) is 71.3 cm³/mol. The Morgan fingerprint density at radius 2 is 2.30 bits per heavy atom. The number of ether oxygens (including phenoxy) is 2. The molecule has 0 N–H and O–H groups in total. The van der Waals surface area contributed by atoms with Gasteiger partial charge in [-0.2, -0.15) is 0 Å². The van der Waals surface area contributed by atoms with Crippen LogP contribution >= 0.6 is 0 Å². The number of aromatic nitrogens is 1. The molecule has 0 amide bonds. The molecule has 2 rings (SSSR count). The third-order valence-corrected chi connectivity index (χ3v) is 4.14. The van der Waals surface area contributed by atoms with Crippen molar-refractivity contribution in [2.75, 3.05) is 38.0 Å². The Morgan fingerprint density at radius 1 is 1.55 bits per heavy atom. The van der Waals surface area contributed by atoms with Crippen LogP contribution in [0, 0.1) is 0 Å². The molecule has 1 atom stereocenters. The molecular formula is C12H16N2O5S. The smallest absolute Gasteiger partial charge is 0.330 e. The van der Waals surface area contributed by atoms with Crippen LogP contribution in [0.1, 0.15) is 0 Å². The lowest BCUT2D eigenvalue weighted by atomic mass is 10.2. The van der Waals surface area contributed by atoms with Crippen molar-refractivity contribution in [3.05, 3.63) is 18.3 Å². The first-order valence-corrected chi connectivity index (χ1v) is 7.91. The van der Waals surface area contributed by atoms with E-state index in [2.05, 4.69) is 4.98 Å². The van der Waals surface area contributed by atoms with Crippen molar-refractivity contribution in [3.8, 4) is 0 Å². The van der Waals surface area contributed by atoms with Gasteiger partial charge in [-0.3, -0.25) is 0 Å². The number of nitrogens with zero attached hydrogens (tertiary/aromatic N) is 2. The first-order chi connectivity index (χ1) is 9.45. The van der Waals surface area contributed by atoms with Crippen LogP contribution in [0.3, 0.4) is 0 Å². The van der Waals surface area contributed by atoms with Crippen LogP contribution in [0.4, 0.5) is 5.82 Å². The summed E-state index contributed by atoms with van der Waals surface area (Å²) in [6.45, 7) is 0.916. The van der Waals surface area contributed by atoms with Gasteiger partial charge in [0, 0.05) is 19.0 Å². The Hall–Kier alpha value is -1.67. The minimum Gasteiger partial charge on any atom is -0.467 e. The van der Waals surface area contributed by atoms with Crippen molar-refractivity contribution in [1.29, 1.82) is 0 Å². The third kappa shape index (κ3) is 2.91. The highest BCUT2D eigenvalue weighted by atomic mass is 32.2. The Balaban J connectivity index is 2.46. The maximum atomic E-state index is 11.8. The number of hydrogen-bond acceptors (Lipinski definition) is 7. The molecule has 0 saturated carbocycles. The molecule has 1 fully saturated rings. The van der Waals surface area contributed by atoms with Gasteiger partial charge in [-0.15, -0.1) is 0 Å². The van der Waals surface area contributed by atoms with Crippen molar-refractivity contribution in [2.24, 2.45) is 0 Å². The molecule has 2 heterocycles. The van der Waals surface area contributed by atoms with E-state index in [4.69, 9.17) is 9.47 Å². The topological polar surface area (TPSA) is 85.8 Å². The molecule has 1 aliphatic heterocycles. The number of carbonyl (C=O) groups excluding carboxylic acids is 1. The number of rotatable bonds is 3. The fraction of sp³-hybridized carbons (Fsp3) is 0.500. The van der Waals surface area contributed by atoms with Gasteiger partial charge in [-0.1, -0.05) is 0 Å². The van der Waals surface area contributed by atoms with E-state index in [1.54, 1.807) is 11.0 Å². The maximum Gasteiger partial charge on any atom is 0.330 e. The van der Waals surface area contributed by atoms with Crippen LogP contribution in [-0.4, -0.2) is 58.5 Å². The molecule has 20 heavy (non-hydrogen) atoms. The van der Waals surface area contributed by atoms with Crippen LogP contribution in [-0.2, 0) is 24.1 Å². The van der Waals surface area contributed by atoms with Gasteiger partial charge in [0.15, 0.2) is 15.9 Å². The van der Waals surface area contributed by atoms with E-state index >= 15 is 0 Å². The number of anilines is 1. The summed E-state index contributed by atoms with van der Waals surface area (Å²) in [5, 5.41) is 0. The highest BCUT2D eigenvalue weighted by Crippen LogP contribution is 2.25. The lowest BCUT2D eigenvalue weighted by molar-refractivity contribution is -0.144. The molecule has 7 nitrogen and oxygen atoms in total. The molecule has 1 aromatic rings. The molecule has 0 radical (unpaired) electrons. The summed E-state index contributed by atoms with van der Waals surface area (Å²) in [5.74, 6) is -0.219. The van der Waals surface area contributed by atoms with Crippen molar-refractivity contribution in [1.82, 2.24) is 4.98 Å². The van der Waals surface area contributed by atoms with Crippen molar-refractivity contribution in [3.63, 3.8) is 0 Å². The Labute approximate surface area is 117 Å². The van der Waals surface area contributed by atoms with E-state index in [-0.39, 0.29) is 17.3 Å². The number of pyridine rings is 1. The fourth-order valence-electron chi connectivity index (χ4n) is 2.08. The first-order valence-electron chi connectivity index (χ1n) is 6.02. The normalized spacial score (nSPS) is 19.7. The van der Waals surface area contributed by atoms with Gasteiger partial charge >= 0.3 is 5.97 Å². The van der Waals surface area contributed by atoms with Gasteiger partial charge in [0.25, 0.3) is 0 Å². The van der Waals surface area contributed by atoms with Crippen LogP contribution < -0.4 is 4.90 Å². The minimum absolute atomic E-state index is 0.0933. The zero-order chi connectivity index (χ0) is 14.8. The molecular weight excluding hydrogens is 284 g/mol. The summed E-state index contributed by atoms with van der Waals surface area (Å²) in [6, 6.07) is 2.33. The molecule has 1 unspecified atom stereocenters. The lowest BCUT2D eigenvalue weighted by Crippen LogP contribution is -2.51. The standard InChI is InChI=1S/C12H16N2O5S/c1-18-12(15)9-8-19-7-6-14(9)11-10(20(2,16)17)4-3-5-13-11/h3-5,9H,6-8H2,1-2H3. The summed E-state index contributed by atoms with van der Waals surface area (Å²) in [5.41, 5.74) is 0. The molecule has 1 aromatic heterocycles. The summed E-state index contributed by atoms with van der Waals surface area (Å²) < 4.78 is 33.6. The number of carbonyl (C=O) groups is 1. The van der Waals surface area contributed by atoms with Gasteiger partial charge < -0.3 is 14.4 Å². The average Bonchev–Trinajstić information content (AvgIpc) is 2.45. The molecule has 0 spiro atoms. The van der Waals surface area contributed by atoms with E-state index in [9.17, 15) is 13.2 Å². The largest absolute Gasteiger partial charge is 0.467 e. The second kappa shape index (κ2) is 5.76. The summed E-state index contributed by atoms with van der Waals surface area (Å²) >= 11 is 0. The molecule has 1 aliphatic rings. The third-order valence-electron chi connectivity index (χ3n) is 3.02. The molecule has 0 bridgehead atoms. The van der Waals surface area contributed by atoms with Crippen molar-refractivity contribution < 1.29 is 22.7 Å². The van der Waals surface area contributed by atoms with E-state index < -0.39 is 21.8 Å². The number of hydrogen-bond donors (Lipinski definition) is 0. The highest BCUT2D eigenvalue weighted by Gasteiger charge is 2.33. The second-order valence-corrected chi connectivity index (χ2v) is 6.39. The summed E-state index contributed by atoms with van der Waals surface area (Å²) in [6.07, 6.45) is 2.61. The number of morpholine rings is 1. The van der Waals surface area contributed by atoms with Crippen LogP contribution in [0.15, 0.2) is 23.2 Å². The Morgan fingerprint density at radius 3 is 2.95 bits per heavy atom. The SMILES string of the molecule is COC(=O)C1COCCN1c1ncccc1S(C)(=O)=O. The van der Waals surface area contributed by atoms with Crippen LogP contribution in [0.5, 0.6) is 0 Å². The predicted octanol–water partition coefficient (Wildman–Crippen LogP) is -0.137. The minimum atomic E-state index is -3.44. The van der Waals surface area contributed by atoms with Gasteiger partial charge in [0.05, 0.1) is 20.3 Å². The van der Waals surface area contributed by atoms with Gasteiger partial charge in [-0.25, -0.2) is 18.2 Å². The molecule has 0 aliphatic carbocycles. The van der Waals surface area contributed by atoms with Gasteiger partial charge in [0.2, 0.25) is 0 Å². The maximum absolute atomic E-state index is 11.8. The van der Waals surface area contributed by atoms with E-state index in [0.29, 0.717) is 13.2 Å². The van der Waals surface area contributed by atoms with Gasteiger partial charge in [-0.05, 0) is 12.1 Å². The molecule has 1 saturated heterocycles. The monoisotopic (exact) mass is 300 g/mol.